The van der Waals surface area contributed by atoms with Crippen LogP contribution in [0.25, 0.3) is 0 Å². The first kappa shape index (κ1) is 12.4. The second kappa shape index (κ2) is 5.55. The molecule has 2 aromatic carbocycles. The molecule has 0 aliphatic rings. The van der Waals surface area contributed by atoms with Crippen LogP contribution in [0.1, 0.15) is 0 Å². The van der Waals surface area contributed by atoms with Crippen LogP contribution < -0.4 is 4.74 Å². The van der Waals surface area contributed by atoms with Gasteiger partial charge in [-0.2, -0.15) is 0 Å². The van der Waals surface area contributed by atoms with Crippen LogP contribution in [0.4, 0.5) is 5.69 Å². The van der Waals surface area contributed by atoms with Crippen LogP contribution in [0.3, 0.4) is 0 Å². The Morgan fingerprint density at radius 2 is 1.78 bits per heavy atom. The molecule has 0 amide bonds. The summed E-state index contributed by atoms with van der Waals surface area (Å²) in [7, 11) is 1.62. The quantitative estimate of drug-likeness (QED) is 0.621. The highest BCUT2D eigenvalue weighted by molar-refractivity contribution is 7.99. The molecule has 5 heteroatoms. The third-order valence-corrected chi connectivity index (χ3v) is 3.41. The number of methoxy groups -OCH3 is 1. The number of hydrogen-bond acceptors (Lipinski definition) is 4. The van der Waals surface area contributed by atoms with Gasteiger partial charge in [0.05, 0.1) is 16.9 Å². The van der Waals surface area contributed by atoms with Gasteiger partial charge in [-0.05, 0) is 24.3 Å². The van der Waals surface area contributed by atoms with E-state index in [9.17, 15) is 10.1 Å². The second-order valence-corrected chi connectivity index (χ2v) is 4.62. The van der Waals surface area contributed by atoms with E-state index in [1.54, 1.807) is 19.2 Å². The highest BCUT2D eigenvalue weighted by Gasteiger charge is 2.07. The number of ether oxygens (including phenoxy) is 1. The number of non-ortho nitro benzene ring substituents is 1. The van der Waals surface area contributed by atoms with Crippen molar-refractivity contribution in [3.63, 3.8) is 0 Å². The SMILES string of the molecule is COc1ccccc1Sc1ccc([N+](=O)[O-])cc1. The van der Waals surface area contributed by atoms with Crippen LogP contribution in [0.15, 0.2) is 58.3 Å². The maximum Gasteiger partial charge on any atom is 0.269 e. The lowest BCUT2D eigenvalue weighted by atomic mass is 10.3. The maximum atomic E-state index is 10.5. The van der Waals surface area contributed by atoms with Crippen LogP contribution in [0, 0.1) is 10.1 Å². The smallest absolute Gasteiger partial charge is 0.269 e. The lowest BCUT2D eigenvalue weighted by Crippen LogP contribution is -1.87. The van der Waals surface area contributed by atoms with Crippen molar-refractivity contribution in [2.45, 2.75) is 9.79 Å². The van der Waals surface area contributed by atoms with Gasteiger partial charge in [-0.25, -0.2) is 0 Å². The lowest BCUT2D eigenvalue weighted by Gasteiger charge is -2.07. The van der Waals surface area contributed by atoms with Gasteiger partial charge in [-0.1, -0.05) is 23.9 Å². The standard InChI is InChI=1S/C13H11NO3S/c1-17-12-4-2-3-5-13(12)18-11-8-6-10(7-9-11)14(15)16/h2-9H,1H3. The molecule has 0 spiro atoms. The average Bonchev–Trinajstić information content (AvgIpc) is 2.40. The highest BCUT2D eigenvalue weighted by atomic mass is 32.2. The Kier molecular flexibility index (Phi) is 3.84. The van der Waals surface area contributed by atoms with Crippen molar-refractivity contribution in [2.24, 2.45) is 0 Å². The Hall–Kier alpha value is -2.01. The fourth-order valence-electron chi connectivity index (χ4n) is 1.47. The van der Waals surface area contributed by atoms with Gasteiger partial charge in [0.15, 0.2) is 0 Å². The monoisotopic (exact) mass is 261 g/mol. The molecular formula is C13H11NO3S. The fourth-order valence-corrected chi connectivity index (χ4v) is 2.39. The normalized spacial score (nSPS) is 10.1. The Morgan fingerprint density at radius 1 is 1.11 bits per heavy atom. The number of benzene rings is 2. The number of nitro groups is 1. The number of hydrogen-bond donors (Lipinski definition) is 0. The predicted octanol–water partition coefficient (Wildman–Crippen LogP) is 3.75. The molecule has 2 rings (SSSR count). The molecule has 0 N–H and O–H groups in total. The Bertz CT molecular complexity index is 554. The van der Waals surface area contributed by atoms with E-state index in [0.717, 1.165) is 15.5 Å². The van der Waals surface area contributed by atoms with Crippen molar-refractivity contribution in [2.75, 3.05) is 7.11 Å². The molecule has 92 valence electrons. The van der Waals surface area contributed by atoms with E-state index >= 15 is 0 Å². The van der Waals surface area contributed by atoms with E-state index in [1.165, 1.54) is 23.9 Å². The van der Waals surface area contributed by atoms with Crippen molar-refractivity contribution in [3.05, 3.63) is 58.6 Å². The average molecular weight is 261 g/mol. The number of nitro benzene ring substituents is 1. The minimum absolute atomic E-state index is 0.0966. The zero-order valence-corrected chi connectivity index (χ0v) is 10.5. The molecule has 18 heavy (non-hydrogen) atoms. The molecule has 0 atom stereocenters. The van der Waals surface area contributed by atoms with Crippen molar-refractivity contribution in [3.8, 4) is 5.75 Å². The number of nitrogens with zero attached hydrogens (tertiary/aromatic N) is 1. The van der Waals surface area contributed by atoms with Crippen molar-refractivity contribution in [1.82, 2.24) is 0 Å². The summed E-state index contributed by atoms with van der Waals surface area (Å²) in [4.78, 5) is 12.1. The van der Waals surface area contributed by atoms with E-state index in [1.807, 2.05) is 24.3 Å². The molecule has 0 fully saturated rings. The van der Waals surface area contributed by atoms with Crippen LogP contribution in [-0.2, 0) is 0 Å². The zero-order chi connectivity index (χ0) is 13.0. The van der Waals surface area contributed by atoms with Gasteiger partial charge in [0.25, 0.3) is 5.69 Å². The molecule has 0 aromatic heterocycles. The van der Waals surface area contributed by atoms with Gasteiger partial charge in [0, 0.05) is 17.0 Å². The third-order valence-electron chi connectivity index (χ3n) is 2.34. The molecule has 0 unspecified atom stereocenters. The minimum Gasteiger partial charge on any atom is -0.496 e. The third kappa shape index (κ3) is 2.81. The molecule has 2 aromatic rings. The molecule has 0 saturated carbocycles. The summed E-state index contributed by atoms with van der Waals surface area (Å²) >= 11 is 1.51. The van der Waals surface area contributed by atoms with Crippen molar-refractivity contribution < 1.29 is 9.66 Å². The molecule has 0 saturated heterocycles. The van der Waals surface area contributed by atoms with E-state index < -0.39 is 4.92 Å². The Labute approximate surface area is 109 Å². The second-order valence-electron chi connectivity index (χ2n) is 3.50. The van der Waals surface area contributed by atoms with Gasteiger partial charge in [0.1, 0.15) is 5.75 Å². The summed E-state index contributed by atoms with van der Waals surface area (Å²) in [5.74, 6) is 0.792. The van der Waals surface area contributed by atoms with Crippen molar-refractivity contribution in [1.29, 1.82) is 0 Å². The highest BCUT2D eigenvalue weighted by Crippen LogP contribution is 2.35. The molecule has 0 radical (unpaired) electrons. The molecule has 4 nitrogen and oxygen atoms in total. The topological polar surface area (TPSA) is 52.4 Å². The Morgan fingerprint density at radius 3 is 2.39 bits per heavy atom. The van der Waals surface area contributed by atoms with Crippen LogP contribution in [0.2, 0.25) is 0 Å². The number of rotatable bonds is 4. The van der Waals surface area contributed by atoms with E-state index in [0.29, 0.717) is 0 Å². The zero-order valence-electron chi connectivity index (χ0n) is 9.70. The molecular weight excluding hydrogens is 250 g/mol. The van der Waals surface area contributed by atoms with Gasteiger partial charge in [0.2, 0.25) is 0 Å². The summed E-state index contributed by atoms with van der Waals surface area (Å²) in [5.41, 5.74) is 0.0966. The molecule has 0 heterocycles. The summed E-state index contributed by atoms with van der Waals surface area (Å²) < 4.78 is 5.25. The first-order valence-corrected chi connectivity index (χ1v) is 6.07. The van der Waals surface area contributed by atoms with E-state index in [-0.39, 0.29) is 5.69 Å². The van der Waals surface area contributed by atoms with Gasteiger partial charge in [-0.15, -0.1) is 0 Å². The summed E-state index contributed by atoms with van der Waals surface area (Å²) in [6, 6.07) is 14.1. The lowest BCUT2D eigenvalue weighted by molar-refractivity contribution is -0.384. The first-order valence-electron chi connectivity index (χ1n) is 5.26. The summed E-state index contributed by atoms with van der Waals surface area (Å²) in [5, 5.41) is 10.5. The largest absolute Gasteiger partial charge is 0.496 e. The Balaban J connectivity index is 2.21. The summed E-state index contributed by atoms with van der Waals surface area (Å²) in [6.07, 6.45) is 0. The first-order chi connectivity index (χ1) is 8.70. The molecule has 0 aliphatic carbocycles. The van der Waals surface area contributed by atoms with Gasteiger partial charge >= 0.3 is 0 Å². The maximum absolute atomic E-state index is 10.5. The van der Waals surface area contributed by atoms with Gasteiger partial charge in [-0.3, -0.25) is 10.1 Å². The van der Waals surface area contributed by atoms with E-state index in [2.05, 4.69) is 0 Å². The van der Waals surface area contributed by atoms with Crippen LogP contribution >= 0.6 is 11.8 Å². The van der Waals surface area contributed by atoms with Crippen LogP contribution in [0.5, 0.6) is 5.75 Å². The van der Waals surface area contributed by atoms with Crippen molar-refractivity contribution >= 4 is 17.4 Å². The van der Waals surface area contributed by atoms with Crippen LogP contribution in [-0.4, -0.2) is 12.0 Å². The molecule has 0 bridgehead atoms. The fraction of sp³-hybridized carbons (Fsp3) is 0.0769. The van der Waals surface area contributed by atoms with Gasteiger partial charge < -0.3 is 4.74 Å². The molecule has 0 aliphatic heterocycles. The van der Waals surface area contributed by atoms with E-state index in [4.69, 9.17) is 4.74 Å². The predicted molar refractivity (Wildman–Crippen MR) is 70.2 cm³/mol. The number of para-hydroxylation sites is 1. The minimum atomic E-state index is -0.405. The summed E-state index contributed by atoms with van der Waals surface area (Å²) in [6.45, 7) is 0.